The molecule has 1 aromatic rings. The van der Waals surface area contributed by atoms with Crippen molar-refractivity contribution in [2.24, 2.45) is 11.8 Å². The van der Waals surface area contributed by atoms with Crippen molar-refractivity contribution in [1.29, 1.82) is 0 Å². The van der Waals surface area contributed by atoms with Gasteiger partial charge in [-0.3, -0.25) is 4.79 Å². The molecular formula is C12H16O3S. The van der Waals surface area contributed by atoms with E-state index in [9.17, 15) is 9.90 Å². The minimum atomic E-state index is -0.769. The monoisotopic (exact) mass is 240 g/mol. The van der Waals surface area contributed by atoms with Gasteiger partial charge >= 0.3 is 5.97 Å². The summed E-state index contributed by atoms with van der Waals surface area (Å²) in [5.74, 6) is -1.26. The van der Waals surface area contributed by atoms with Gasteiger partial charge in [0.1, 0.15) is 0 Å². The second-order valence-corrected chi connectivity index (χ2v) is 5.75. The lowest BCUT2D eigenvalue weighted by Gasteiger charge is -2.21. The first-order valence-corrected chi connectivity index (χ1v) is 6.38. The summed E-state index contributed by atoms with van der Waals surface area (Å²) >= 11 is 1.55. The Balaban J connectivity index is 2.15. The smallest absolute Gasteiger partial charge is 0.306 e. The maximum Gasteiger partial charge on any atom is 0.306 e. The van der Waals surface area contributed by atoms with Crippen molar-refractivity contribution in [1.82, 2.24) is 0 Å². The van der Waals surface area contributed by atoms with Gasteiger partial charge in [0.25, 0.3) is 0 Å². The number of hydrogen-bond acceptors (Lipinski definition) is 3. The van der Waals surface area contributed by atoms with Gasteiger partial charge in [-0.2, -0.15) is 0 Å². The van der Waals surface area contributed by atoms with Gasteiger partial charge in [-0.25, -0.2) is 0 Å². The first-order valence-electron chi connectivity index (χ1n) is 5.57. The maximum absolute atomic E-state index is 11.0. The van der Waals surface area contributed by atoms with E-state index < -0.39 is 12.1 Å². The molecule has 1 saturated carbocycles. The summed E-state index contributed by atoms with van der Waals surface area (Å²) in [5, 5.41) is 19.3. The summed E-state index contributed by atoms with van der Waals surface area (Å²) in [5.41, 5.74) is 0. The van der Waals surface area contributed by atoms with E-state index >= 15 is 0 Å². The fraction of sp³-hybridized carbons (Fsp3) is 0.583. The van der Waals surface area contributed by atoms with Crippen molar-refractivity contribution < 1.29 is 15.0 Å². The first-order chi connectivity index (χ1) is 7.59. The van der Waals surface area contributed by atoms with Crippen LogP contribution in [0.3, 0.4) is 0 Å². The van der Waals surface area contributed by atoms with Gasteiger partial charge in [0.05, 0.1) is 12.0 Å². The number of aliphatic hydroxyl groups is 1. The molecule has 0 aromatic carbocycles. The molecule has 3 unspecified atom stereocenters. The van der Waals surface area contributed by atoms with Gasteiger partial charge in [0.2, 0.25) is 0 Å². The second kappa shape index (κ2) is 4.55. The third kappa shape index (κ3) is 2.13. The molecule has 1 fully saturated rings. The molecule has 3 nitrogen and oxygen atoms in total. The predicted molar refractivity (Wildman–Crippen MR) is 62.5 cm³/mol. The van der Waals surface area contributed by atoms with Crippen LogP contribution >= 0.6 is 11.3 Å². The highest BCUT2D eigenvalue weighted by Crippen LogP contribution is 2.42. The lowest BCUT2D eigenvalue weighted by atomic mass is 9.90. The summed E-state index contributed by atoms with van der Waals surface area (Å²) in [7, 11) is 0. The van der Waals surface area contributed by atoms with Crippen molar-refractivity contribution in [2.75, 3.05) is 0 Å². The van der Waals surface area contributed by atoms with Crippen molar-refractivity contribution in [3.05, 3.63) is 21.9 Å². The SMILES string of the molecule is Cc1ccc(C(O)C2CCCC2C(=O)O)s1. The van der Waals surface area contributed by atoms with Gasteiger partial charge in [0.15, 0.2) is 0 Å². The number of hydrogen-bond donors (Lipinski definition) is 2. The van der Waals surface area contributed by atoms with E-state index in [1.165, 1.54) is 0 Å². The molecule has 0 radical (unpaired) electrons. The van der Waals surface area contributed by atoms with Gasteiger partial charge in [-0.1, -0.05) is 6.42 Å². The van der Waals surface area contributed by atoms with Crippen LogP contribution in [0.2, 0.25) is 0 Å². The number of thiophene rings is 1. The van der Waals surface area contributed by atoms with E-state index in [-0.39, 0.29) is 11.8 Å². The highest BCUT2D eigenvalue weighted by atomic mass is 32.1. The largest absolute Gasteiger partial charge is 0.481 e. The fourth-order valence-electron chi connectivity index (χ4n) is 2.50. The minimum absolute atomic E-state index is 0.115. The summed E-state index contributed by atoms with van der Waals surface area (Å²) in [4.78, 5) is 13.1. The Morgan fingerprint density at radius 1 is 1.50 bits per heavy atom. The van der Waals surface area contributed by atoms with Crippen LogP contribution in [0.5, 0.6) is 0 Å². The van der Waals surface area contributed by atoms with Crippen molar-refractivity contribution in [3.63, 3.8) is 0 Å². The Hall–Kier alpha value is -0.870. The molecule has 1 aliphatic carbocycles. The molecule has 1 aliphatic rings. The summed E-state index contributed by atoms with van der Waals surface area (Å²) in [6.45, 7) is 1.99. The zero-order chi connectivity index (χ0) is 11.7. The maximum atomic E-state index is 11.0. The Bertz CT molecular complexity index is 385. The molecular weight excluding hydrogens is 224 g/mol. The number of rotatable bonds is 3. The Morgan fingerprint density at radius 2 is 2.25 bits per heavy atom. The number of aliphatic hydroxyl groups excluding tert-OH is 1. The quantitative estimate of drug-likeness (QED) is 0.853. The lowest BCUT2D eigenvalue weighted by Crippen LogP contribution is -2.23. The Labute approximate surface area is 98.7 Å². The molecule has 3 atom stereocenters. The molecule has 0 spiro atoms. The van der Waals surface area contributed by atoms with E-state index in [1.807, 2.05) is 19.1 Å². The van der Waals surface area contributed by atoms with Gasteiger partial charge in [-0.05, 0) is 31.9 Å². The van der Waals surface area contributed by atoms with Crippen LogP contribution in [0.25, 0.3) is 0 Å². The van der Waals surface area contributed by atoms with Crippen LogP contribution in [0.15, 0.2) is 12.1 Å². The lowest BCUT2D eigenvalue weighted by molar-refractivity contribution is -0.144. The normalized spacial score (nSPS) is 26.9. The topological polar surface area (TPSA) is 57.5 Å². The molecule has 88 valence electrons. The predicted octanol–water partition coefficient (Wildman–Crippen LogP) is 2.59. The second-order valence-electron chi connectivity index (χ2n) is 4.43. The molecule has 0 saturated heterocycles. The highest BCUT2D eigenvalue weighted by molar-refractivity contribution is 7.12. The van der Waals surface area contributed by atoms with Gasteiger partial charge < -0.3 is 10.2 Å². The zero-order valence-electron chi connectivity index (χ0n) is 9.22. The fourth-order valence-corrected chi connectivity index (χ4v) is 3.44. The molecule has 4 heteroatoms. The van der Waals surface area contributed by atoms with E-state index in [0.29, 0.717) is 6.42 Å². The van der Waals surface area contributed by atoms with Gasteiger partial charge in [-0.15, -0.1) is 11.3 Å². The Kier molecular flexibility index (Phi) is 3.30. The number of aliphatic carboxylic acids is 1. The highest BCUT2D eigenvalue weighted by Gasteiger charge is 2.38. The van der Waals surface area contributed by atoms with E-state index in [2.05, 4.69) is 0 Å². The van der Waals surface area contributed by atoms with Crippen LogP contribution in [0.4, 0.5) is 0 Å². The minimum Gasteiger partial charge on any atom is -0.481 e. The van der Waals surface area contributed by atoms with E-state index in [1.54, 1.807) is 11.3 Å². The molecule has 1 aromatic heterocycles. The zero-order valence-corrected chi connectivity index (χ0v) is 10.0. The van der Waals surface area contributed by atoms with Crippen molar-refractivity contribution in [2.45, 2.75) is 32.3 Å². The molecule has 0 bridgehead atoms. The van der Waals surface area contributed by atoms with Crippen LogP contribution in [-0.2, 0) is 4.79 Å². The summed E-state index contributed by atoms with van der Waals surface area (Å²) in [6.07, 6.45) is 1.81. The molecule has 0 aliphatic heterocycles. The molecule has 2 rings (SSSR count). The van der Waals surface area contributed by atoms with Gasteiger partial charge in [0, 0.05) is 15.7 Å². The molecule has 0 amide bonds. The van der Waals surface area contributed by atoms with Crippen LogP contribution in [-0.4, -0.2) is 16.2 Å². The first kappa shape index (κ1) is 11.6. The molecule has 1 heterocycles. The summed E-state index contributed by atoms with van der Waals surface area (Å²) in [6, 6.07) is 3.87. The number of aryl methyl sites for hydroxylation is 1. The average molecular weight is 240 g/mol. The van der Waals surface area contributed by atoms with Crippen molar-refractivity contribution >= 4 is 17.3 Å². The number of carbonyl (C=O) groups is 1. The standard InChI is InChI=1S/C12H16O3S/c1-7-5-6-10(16-7)11(13)8-3-2-4-9(8)12(14)15/h5-6,8-9,11,13H,2-4H2,1H3,(H,14,15). The van der Waals surface area contributed by atoms with E-state index in [0.717, 1.165) is 22.6 Å². The molecule has 2 N–H and O–H groups in total. The molecule has 16 heavy (non-hydrogen) atoms. The number of carboxylic acid groups (broad SMARTS) is 1. The average Bonchev–Trinajstić information content (AvgIpc) is 2.84. The van der Waals surface area contributed by atoms with Crippen LogP contribution in [0, 0.1) is 18.8 Å². The van der Waals surface area contributed by atoms with E-state index in [4.69, 9.17) is 5.11 Å². The third-order valence-corrected chi connectivity index (χ3v) is 4.42. The van der Waals surface area contributed by atoms with Crippen LogP contribution in [0.1, 0.15) is 35.1 Å². The van der Waals surface area contributed by atoms with Crippen molar-refractivity contribution in [3.8, 4) is 0 Å². The summed E-state index contributed by atoms with van der Waals surface area (Å²) < 4.78 is 0. The number of carboxylic acids is 1. The third-order valence-electron chi connectivity index (χ3n) is 3.34. The Morgan fingerprint density at radius 3 is 2.81 bits per heavy atom. The van der Waals surface area contributed by atoms with Crippen LogP contribution < -0.4 is 0 Å².